The summed E-state index contributed by atoms with van der Waals surface area (Å²) < 4.78 is 5.48. The highest BCUT2D eigenvalue weighted by atomic mass is 16.5. The van der Waals surface area contributed by atoms with Crippen molar-refractivity contribution in [3.8, 4) is 5.75 Å². The molecule has 0 aromatic heterocycles. The number of likely N-dealkylation sites (tertiary alicyclic amines) is 1. The van der Waals surface area contributed by atoms with Crippen molar-refractivity contribution in [3.63, 3.8) is 0 Å². The molecule has 2 rings (SSSR count). The number of nitrogens with one attached hydrogen (secondary N) is 1. The second kappa shape index (κ2) is 7.65. The molecule has 1 atom stereocenters. The van der Waals surface area contributed by atoms with Crippen LogP contribution in [0.25, 0.3) is 0 Å². The van der Waals surface area contributed by atoms with E-state index in [2.05, 4.69) is 48.5 Å². The molecule has 0 radical (unpaired) electrons. The maximum Gasteiger partial charge on any atom is 0.119 e. The van der Waals surface area contributed by atoms with Crippen molar-refractivity contribution in [1.82, 2.24) is 10.2 Å². The van der Waals surface area contributed by atoms with E-state index < -0.39 is 0 Å². The maximum absolute atomic E-state index is 5.48. The number of nitrogens with zero attached hydrogens (tertiary/aromatic N) is 1. The molecule has 3 nitrogen and oxygen atoms in total. The lowest BCUT2D eigenvalue weighted by Gasteiger charge is -2.30. The average Bonchev–Trinajstić information content (AvgIpc) is 2.47. The van der Waals surface area contributed by atoms with Gasteiger partial charge < -0.3 is 15.0 Å². The molecule has 1 unspecified atom stereocenters. The van der Waals surface area contributed by atoms with Gasteiger partial charge in [-0.15, -0.1) is 0 Å². The van der Waals surface area contributed by atoms with E-state index in [1.54, 1.807) is 0 Å². The van der Waals surface area contributed by atoms with Crippen LogP contribution in [0.15, 0.2) is 24.3 Å². The topological polar surface area (TPSA) is 24.5 Å². The molecule has 0 amide bonds. The molecule has 112 valence electrons. The quantitative estimate of drug-likeness (QED) is 0.864. The van der Waals surface area contributed by atoms with Gasteiger partial charge in [0.1, 0.15) is 5.75 Å². The smallest absolute Gasteiger partial charge is 0.119 e. The lowest BCUT2D eigenvalue weighted by Crippen LogP contribution is -2.35. The number of ether oxygens (including phenoxy) is 1. The summed E-state index contributed by atoms with van der Waals surface area (Å²) in [5.41, 5.74) is 1.33. The highest BCUT2D eigenvalue weighted by Crippen LogP contribution is 2.20. The molecule has 3 heteroatoms. The minimum absolute atomic E-state index is 0.408. The third-order valence-corrected chi connectivity index (χ3v) is 4.24. The van der Waals surface area contributed by atoms with Crippen LogP contribution in [0.2, 0.25) is 0 Å². The first-order chi connectivity index (χ1) is 9.69. The summed E-state index contributed by atoms with van der Waals surface area (Å²) in [5.74, 6) is 1.79. The van der Waals surface area contributed by atoms with E-state index in [1.165, 1.54) is 31.5 Å². The second-order valence-corrected chi connectivity index (χ2v) is 5.88. The Kier molecular flexibility index (Phi) is 5.86. The fraction of sp³-hybridized carbons (Fsp3) is 0.647. The Balaban J connectivity index is 1.77. The summed E-state index contributed by atoms with van der Waals surface area (Å²) >= 11 is 0. The van der Waals surface area contributed by atoms with Crippen LogP contribution >= 0.6 is 0 Å². The predicted octanol–water partition coefficient (Wildman–Crippen LogP) is 3.08. The van der Waals surface area contributed by atoms with E-state index in [4.69, 9.17) is 4.74 Å². The predicted molar refractivity (Wildman–Crippen MR) is 84.2 cm³/mol. The lowest BCUT2D eigenvalue weighted by molar-refractivity contribution is 0.213. The highest BCUT2D eigenvalue weighted by Gasteiger charge is 2.17. The molecule has 1 aliphatic rings. The molecular formula is C17H28N2O. The monoisotopic (exact) mass is 276 g/mol. The van der Waals surface area contributed by atoms with Gasteiger partial charge in [-0.1, -0.05) is 12.1 Å². The molecule has 1 N–H and O–H groups in total. The van der Waals surface area contributed by atoms with Crippen LogP contribution in [0.5, 0.6) is 5.75 Å². The van der Waals surface area contributed by atoms with Crippen molar-refractivity contribution < 1.29 is 4.74 Å². The first kappa shape index (κ1) is 15.3. The zero-order valence-corrected chi connectivity index (χ0v) is 13.1. The number of benzene rings is 1. The molecule has 1 aliphatic heterocycles. The first-order valence-corrected chi connectivity index (χ1v) is 7.83. The van der Waals surface area contributed by atoms with Gasteiger partial charge in [0.05, 0.1) is 6.61 Å². The van der Waals surface area contributed by atoms with E-state index >= 15 is 0 Å². The van der Waals surface area contributed by atoms with Gasteiger partial charge in [0.15, 0.2) is 0 Å². The molecule has 0 saturated carbocycles. The summed E-state index contributed by atoms with van der Waals surface area (Å²) in [7, 11) is 2.21. The van der Waals surface area contributed by atoms with Crippen molar-refractivity contribution in [1.29, 1.82) is 0 Å². The number of hydrogen-bond donors (Lipinski definition) is 1. The maximum atomic E-state index is 5.48. The summed E-state index contributed by atoms with van der Waals surface area (Å²) in [6.07, 6.45) is 2.64. The Morgan fingerprint density at radius 2 is 1.90 bits per heavy atom. The van der Waals surface area contributed by atoms with Gasteiger partial charge in [0.25, 0.3) is 0 Å². The molecule has 1 fully saturated rings. The average molecular weight is 276 g/mol. The standard InChI is InChI=1S/C17H28N2O/c1-4-20-17-7-5-16(6-8-17)14(2)18-13-15-9-11-19(3)12-10-15/h5-8,14-15,18H,4,9-13H2,1-3H3. The zero-order chi connectivity index (χ0) is 14.4. The van der Waals surface area contributed by atoms with Crippen LogP contribution in [-0.4, -0.2) is 38.2 Å². The summed E-state index contributed by atoms with van der Waals surface area (Å²) in [5, 5.41) is 3.68. The molecular weight excluding hydrogens is 248 g/mol. The third-order valence-electron chi connectivity index (χ3n) is 4.24. The molecule has 1 saturated heterocycles. The molecule has 0 spiro atoms. The Labute approximate surface area is 123 Å². The Hall–Kier alpha value is -1.06. The SMILES string of the molecule is CCOc1ccc(C(C)NCC2CCN(C)CC2)cc1. The van der Waals surface area contributed by atoms with Crippen molar-refractivity contribution in [2.75, 3.05) is 33.3 Å². The van der Waals surface area contributed by atoms with Gasteiger partial charge in [-0.3, -0.25) is 0 Å². The van der Waals surface area contributed by atoms with E-state index in [0.717, 1.165) is 24.8 Å². The van der Waals surface area contributed by atoms with Crippen molar-refractivity contribution in [2.24, 2.45) is 5.92 Å². The summed E-state index contributed by atoms with van der Waals surface area (Å²) in [6.45, 7) is 8.59. The van der Waals surface area contributed by atoms with Crippen LogP contribution in [0.1, 0.15) is 38.3 Å². The van der Waals surface area contributed by atoms with E-state index in [9.17, 15) is 0 Å². The van der Waals surface area contributed by atoms with E-state index in [0.29, 0.717) is 6.04 Å². The Morgan fingerprint density at radius 1 is 1.25 bits per heavy atom. The van der Waals surface area contributed by atoms with Gasteiger partial charge in [-0.05, 0) is 77.0 Å². The third kappa shape index (κ3) is 4.50. The largest absolute Gasteiger partial charge is 0.494 e. The number of hydrogen-bond acceptors (Lipinski definition) is 3. The Bertz CT molecular complexity index is 382. The Morgan fingerprint density at radius 3 is 2.50 bits per heavy atom. The molecule has 1 aromatic rings. The second-order valence-electron chi connectivity index (χ2n) is 5.88. The highest BCUT2D eigenvalue weighted by molar-refractivity contribution is 5.28. The van der Waals surface area contributed by atoms with Crippen molar-refractivity contribution >= 4 is 0 Å². The minimum atomic E-state index is 0.408. The number of piperidine rings is 1. The lowest BCUT2D eigenvalue weighted by atomic mass is 9.96. The van der Waals surface area contributed by atoms with Gasteiger partial charge in [-0.2, -0.15) is 0 Å². The minimum Gasteiger partial charge on any atom is -0.494 e. The van der Waals surface area contributed by atoms with Crippen LogP contribution in [0.4, 0.5) is 0 Å². The van der Waals surface area contributed by atoms with Crippen LogP contribution in [0.3, 0.4) is 0 Å². The van der Waals surface area contributed by atoms with Crippen molar-refractivity contribution in [3.05, 3.63) is 29.8 Å². The zero-order valence-electron chi connectivity index (χ0n) is 13.1. The molecule has 1 aromatic carbocycles. The van der Waals surface area contributed by atoms with Crippen LogP contribution in [-0.2, 0) is 0 Å². The van der Waals surface area contributed by atoms with Gasteiger partial charge in [0.2, 0.25) is 0 Å². The van der Waals surface area contributed by atoms with Crippen LogP contribution < -0.4 is 10.1 Å². The summed E-state index contributed by atoms with van der Waals surface area (Å²) in [4.78, 5) is 2.42. The van der Waals surface area contributed by atoms with Gasteiger partial charge in [-0.25, -0.2) is 0 Å². The molecule has 0 bridgehead atoms. The fourth-order valence-electron chi connectivity index (χ4n) is 2.75. The van der Waals surface area contributed by atoms with Gasteiger partial charge >= 0.3 is 0 Å². The first-order valence-electron chi connectivity index (χ1n) is 7.83. The van der Waals surface area contributed by atoms with Crippen molar-refractivity contribution in [2.45, 2.75) is 32.7 Å². The molecule has 1 heterocycles. The van der Waals surface area contributed by atoms with Gasteiger partial charge in [0, 0.05) is 6.04 Å². The normalized spacial score (nSPS) is 18.9. The van der Waals surface area contributed by atoms with E-state index in [-0.39, 0.29) is 0 Å². The van der Waals surface area contributed by atoms with E-state index in [1.807, 2.05) is 6.92 Å². The fourth-order valence-corrected chi connectivity index (χ4v) is 2.75. The molecule has 20 heavy (non-hydrogen) atoms. The number of rotatable bonds is 6. The van der Waals surface area contributed by atoms with Crippen LogP contribution in [0, 0.1) is 5.92 Å². The molecule has 0 aliphatic carbocycles. The summed E-state index contributed by atoms with van der Waals surface area (Å²) in [6, 6.07) is 8.86.